The average Bonchev–Trinajstić information content (AvgIpc) is 3.31. The molecule has 0 saturated heterocycles. The lowest BCUT2D eigenvalue weighted by molar-refractivity contribution is -0.116. The number of anilines is 1. The topological polar surface area (TPSA) is 93.7 Å². The third kappa shape index (κ3) is 9.34. The number of nitrogens with two attached hydrogens (primary N) is 1. The molecule has 8 heteroatoms. The Morgan fingerprint density at radius 1 is 1.28 bits per heavy atom. The van der Waals surface area contributed by atoms with Crippen molar-refractivity contribution in [2.45, 2.75) is 52.7 Å². The summed E-state index contributed by atoms with van der Waals surface area (Å²) in [6.45, 7) is 15.7. The van der Waals surface area contributed by atoms with Gasteiger partial charge in [0.15, 0.2) is 0 Å². The van der Waals surface area contributed by atoms with E-state index in [2.05, 4.69) is 37.2 Å². The maximum Gasteiger partial charge on any atom is 0.410 e. The Kier molecular flexibility index (Phi) is 11.5. The number of allylic oxidation sites excluding steroid dienone is 1. The summed E-state index contributed by atoms with van der Waals surface area (Å²) in [5.74, 6) is 0.0839. The summed E-state index contributed by atoms with van der Waals surface area (Å²) < 4.78 is 7.20. The van der Waals surface area contributed by atoms with E-state index in [1.54, 1.807) is 18.9 Å². The molecule has 8 nitrogen and oxygen atoms in total. The highest BCUT2D eigenvalue weighted by atomic mass is 16.6. The van der Waals surface area contributed by atoms with Gasteiger partial charge in [0, 0.05) is 50.2 Å². The van der Waals surface area contributed by atoms with Crippen LogP contribution in [0.1, 0.15) is 39.7 Å². The molecule has 1 aromatic carbocycles. The molecule has 1 aromatic heterocycles. The first-order valence-electron chi connectivity index (χ1n) is 11.7. The third-order valence-electron chi connectivity index (χ3n) is 5.18. The smallest absolute Gasteiger partial charge is 0.410 e. The van der Waals surface area contributed by atoms with Crippen molar-refractivity contribution >= 4 is 17.7 Å². The number of hydrogen-bond acceptors (Lipinski definition) is 5. The number of carbonyl (C=O) groups is 2. The SMILES string of the molecule is C#C.C=CC(=C)N.CC(=O)N1CCCc2cc(-c3cnn(CCN(C)C(=O)OC(C)(C)C)c3)ccc21. The van der Waals surface area contributed by atoms with Crippen LogP contribution in [0.2, 0.25) is 0 Å². The molecule has 2 heterocycles. The van der Waals surface area contributed by atoms with Crippen LogP contribution >= 0.6 is 0 Å². The molecule has 0 atom stereocenters. The Hall–Kier alpha value is -3.99. The molecule has 2 N–H and O–H groups in total. The fraction of sp³-hybridized carbons (Fsp3) is 0.393. The lowest BCUT2D eigenvalue weighted by atomic mass is 9.97. The van der Waals surface area contributed by atoms with Gasteiger partial charge in [0.2, 0.25) is 5.91 Å². The molecular weight excluding hydrogens is 454 g/mol. The Morgan fingerprint density at radius 3 is 2.47 bits per heavy atom. The van der Waals surface area contributed by atoms with E-state index in [0.29, 0.717) is 18.8 Å². The predicted octanol–water partition coefficient (Wildman–Crippen LogP) is 4.61. The first kappa shape index (κ1) is 30.0. The second-order valence-corrected chi connectivity index (χ2v) is 9.29. The largest absolute Gasteiger partial charge is 0.444 e. The van der Waals surface area contributed by atoms with Crippen molar-refractivity contribution in [1.29, 1.82) is 0 Å². The van der Waals surface area contributed by atoms with Gasteiger partial charge in [-0.05, 0) is 62.9 Å². The highest BCUT2D eigenvalue weighted by Crippen LogP contribution is 2.31. The molecule has 194 valence electrons. The minimum Gasteiger partial charge on any atom is -0.444 e. The van der Waals surface area contributed by atoms with Crippen LogP contribution in [0, 0.1) is 12.8 Å². The van der Waals surface area contributed by atoms with Crippen LogP contribution in [-0.2, 0) is 22.5 Å². The van der Waals surface area contributed by atoms with Gasteiger partial charge < -0.3 is 20.3 Å². The zero-order valence-electron chi connectivity index (χ0n) is 22.2. The van der Waals surface area contributed by atoms with Crippen LogP contribution in [0.5, 0.6) is 0 Å². The maximum atomic E-state index is 12.1. The molecule has 0 fully saturated rings. The number of benzene rings is 1. The van der Waals surface area contributed by atoms with E-state index in [4.69, 9.17) is 10.5 Å². The minimum absolute atomic E-state index is 0.0839. The number of amides is 2. The van der Waals surface area contributed by atoms with Crippen LogP contribution in [0.15, 0.2) is 55.5 Å². The zero-order valence-corrected chi connectivity index (χ0v) is 22.2. The van der Waals surface area contributed by atoms with E-state index < -0.39 is 5.60 Å². The summed E-state index contributed by atoms with van der Waals surface area (Å²) in [6, 6.07) is 6.21. The molecule has 0 unspecified atom stereocenters. The number of fused-ring (bicyclic) bond motifs is 1. The van der Waals surface area contributed by atoms with Crippen LogP contribution in [-0.4, -0.2) is 52.4 Å². The van der Waals surface area contributed by atoms with E-state index in [1.165, 1.54) is 11.6 Å². The van der Waals surface area contributed by atoms with Gasteiger partial charge in [0.1, 0.15) is 5.60 Å². The van der Waals surface area contributed by atoms with Crippen molar-refractivity contribution in [3.63, 3.8) is 0 Å². The van der Waals surface area contributed by atoms with E-state index in [1.807, 2.05) is 54.9 Å². The molecule has 1 aliphatic rings. The minimum atomic E-state index is -0.505. The number of likely N-dealkylation sites (N-methyl/N-ethyl adjacent to an activating group) is 1. The van der Waals surface area contributed by atoms with Crippen molar-refractivity contribution in [2.24, 2.45) is 5.73 Å². The maximum absolute atomic E-state index is 12.1. The first-order valence-corrected chi connectivity index (χ1v) is 11.7. The number of aromatic nitrogens is 2. The van der Waals surface area contributed by atoms with Gasteiger partial charge in [-0.3, -0.25) is 9.48 Å². The Bertz CT molecular complexity index is 1080. The molecule has 0 radical (unpaired) electrons. The predicted molar refractivity (Wildman–Crippen MR) is 146 cm³/mol. The fourth-order valence-electron chi connectivity index (χ4n) is 3.42. The van der Waals surface area contributed by atoms with Crippen LogP contribution in [0.3, 0.4) is 0 Å². The van der Waals surface area contributed by atoms with Crippen molar-refractivity contribution in [3.8, 4) is 24.0 Å². The summed E-state index contributed by atoms with van der Waals surface area (Å²) in [7, 11) is 1.72. The highest BCUT2D eigenvalue weighted by molar-refractivity contribution is 5.93. The fourth-order valence-corrected chi connectivity index (χ4v) is 3.42. The van der Waals surface area contributed by atoms with Gasteiger partial charge >= 0.3 is 6.09 Å². The molecule has 2 amide bonds. The van der Waals surface area contributed by atoms with Gasteiger partial charge in [-0.25, -0.2) is 4.79 Å². The normalized spacial score (nSPS) is 12.0. The molecule has 0 aliphatic carbocycles. The van der Waals surface area contributed by atoms with Gasteiger partial charge in [-0.15, -0.1) is 12.8 Å². The van der Waals surface area contributed by atoms with Gasteiger partial charge in [0.25, 0.3) is 0 Å². The zero-order chi connectivity index (χ0) is 27.5. The average molecular weight is 494 g/mol. The molecule has 3 rings (SSSR count). The Labute approximate surface area is 215 Å². The quantitative estimate of drug-likeness (QED) is 0.485. The standard InChI is InChI=1S/C22H30N4O3.C4H7N.C2H2/c1-16(27)26-10-6-7-18-13-17(8-9-20(18)26)19-14-23-25(15-19)12-11-24(5)21(28)29-22(2,3)4;1-3-4(2)5;1-2/h8-9,13-15H,6-7,10-12H2,1-5H3;3H,1-2,5H2;1-2H. The van der Waals surface area contributed by atoms with Gasteiger partial charge in [0.05, 0.1) is 12.7 Å². The summed E-state index contributed by atoms with van der Waals surface area (Å²) in [5, 5.41) is 4.43. The molecule has 2 aromatic rings. The summed E-state index contributed by atoms with van der Waals surface area (Å²) in [5.41, 5.74) is 9.31. The summed E-state index contributed by atoms with van der Waals surface area (Å²) >= 11 is 0. The van der Waals surface area contributed by atoms with E-state index >= 15 is 0 Å². The van der Waals surface area contributed by atoms with Crippen molar-refractivity contribution < 1.29 is 14.3 Å². The van der Waals surface area contributed by atoms with E-state index in [9.17, 15) is 9.59 Å². The number of carbonyl (C=O) groups excluding carboxylic acids is 2. The summed E-state index contributed by atoms with van der Waals surface area (Å²) in [4.78, 5) is 27.3. The lowest BCUT2D eigenvalue weighted by Crippen LogP contribution is -2.36. The highest BCUT2D eigenvalue weighted by Gasteiger charge is 2.21. The van der Waals surface area contributed by atoms with E-state index in [-0.39, 0.29) is 12.0 Å². The summed E-state index contributed by atoms with van der Waals surface area (Å²) in [6.07, 6.45) is 14.9. The second kappa shape index (κ2) is 13.8. The second-order valence-electron chi connectivity index (χ2n) is 9.29. The number of nitrogens with zero attached hydrogens (tertiary/aromatic N) is 4. The number of ether oxygens (including phenoxy) is 1. The van der Waals surface area contributed by atoms with Crippen molar-refractivity contribution in [1.82, 2.24) is 14.7 Å². The molecule has 36 heavy (non-hydrogen) atoms. The number of rotatable bonds is 5. The van der Waals surface area contributed by atoms with Crippen LogP contribution in [0.25, 0.3) is 11.1 Å². The van der Waals surface area contributed by atoms with Crippen molar-refractivity contribution in [2.75, 3.05) is 25.0 Å². The first-order chi connectivity index (χ1) is 16.9. The van der Waals surface area contributed by atoms with Crippen molar-refractivity contribution in [3.05, 3.63) is 61.1 Å². The van der Waals surface area contributed by atoms with Crippen LogP contribution < -0.4 is 10.6 Å². The Morgan fingerprint density at radius 2 is 1.92 bits per heavy atom. The van der Waals surface area contributed by atoms with Gasteiger partial charge in [-0.1, -0.05) is 19.2 Å². The van der Waals surface area contributed by atoms with Crippen LogP contribution in [0.4, 0.5) is 10.5 Å². The third-order valence-corrected chi connectivity index (χ3v) is 5.18. The molecule has 0 bridgehead atoms. The molecular formula is C28H39N5O3. The monoisotopic (exact) mass is 493 g/mol. The molecule has 1 aliphatic heterocycles. The van der Waals surface area contributed by atoms with E-state index in [0.717, 1.165) is 36.2 Å². The number of hydrogen-bond donors (Lipinski definition) is 1. The van der Waals surface area contributed by atoms with Gasteiger partial charge in [-0.2, -0.15) is 5.10 Å². The number of aryl methyl sites for hydroxylation is 1. The Balaban J connectivity index is 0.000000826. The molecule has 0 saturated carbocycles. The lowest BCUT2D eigenvalue weighted by Gasteiger charge is -2.28. The molecule has 0 spiro atoms. The number of terminal acetylenes is 1.